The number of hydrogen-bond acceptors (Lipinski definition) is 9. The summed E-state index contributed by atoms with van der Waals surface area (Å²) < 4.78 is 10.6. The number of rotatable bonds is 7. The van der Waals surface area contributed by atoms with Crippen LogP contribution in [0.5, 0.6) is 11.5 Å². The Bertz CT molecular complexity index is 1020. The fourth-order valence-electron chi connectivity index (χ4n) is 3.57. The number of nitrogens with one attached hydrogen (secondary N) is 1. The molecule has 1 saturated heterocycles. The number of hydrogen-bond donors (Lipinski definition) is 2. The topological polar surface area (TPSA) is 102 Å². The normalized spacial score (nSPS) is 14.3. The summed E-state index contributed by atoms with van der Waals surface area (Å²) in [5, 5.41) is 3.18. The van der Waals surface area contributed by atoms with Gasteiger partial charge in [0.15, 0.2) is 0 Å². The van der Waals surface area contributed by atoms with Crippen LogP contribution in [0.2, 0.25) is 0 Å². The van der Waals surface area contributed by atoms with Gasteiger partial charge in [0.2, 0.25) is 11.9 Å². The van der Waals surface area contributed by atoms with Crippen molar-refractivity contribution < 1.29 is 9.47 Å². The minimum absolute atomic E-state index is 0.199. The molecular weight excluding hydrogens is 394 g/mol. The van der Waals surface area contributed by atoms with Gasteiger partial charge in [-0.2, -0.15) is 15.0 Å². The van der Waals surface area contributed by atoms with E-state index in [9.17, 15) is 0 Å². The molecule has 4 rings (SSSR count). The lowest BCUT2D eigenvalue weighted by Crippen LogP contribution is -2.46. The summed E-state index contributed by atoms with van der Waals surface area (Å²) in [5.41, 5.74) is 7.93. The second kappa shape index (κ2) is 9.48. The average molecular weight is 422 g/mol. The van der Waals surface area contributed by atoms with E-state index < -0.39 is 0 Å². The standard InChI is InChI=1S/C22H27N7O2/c1-30-18-7-3-5-16(13-18)24-22-26-20(25-21(23)27-22)15-28-9-11-29(12-10-28)17-6-4-8-19(14-17)31-2/h3-8,13-14H,9-12,15H2,1-2H3,(H3,23,24,25,26,27). The van der Waals surface area contributed by atoms with Crippen molar-refractivity contribution in [2.75, 3.05) is 56.3 Å². The molecule has 0 unspecified atom stereocenters. The van der Waals surface area contributed by atoms with Crippen LogP contribution in [0.1, 0.15) is 5.82 Å². The molecule has 1 aliphatic heterocycles. The maximum absolute atomic E-state index is 5.93. The summed E-state index contributed by atoms with van der Waals surface area (Å²) in [6.07, 6.45) is 0. The Kier molecular flexibility index (Phi) is 6.32. The number of nitrogens with two attached hydrogens (primary N) is 1. The van der Waals surface area contributed by atoms with Crippen molar-refractivity contribution in [3.05, 3.63) is 54.4 Å². The van der Waals surface area contributed by atoms with E-state index in [0.29, 0.717) is 18.3 Å². The number of aromatic nitrogens is 3. The van der Waals surface area contributed by atoms with Gasteiger partial charge in [0.25, 0.3) is 0 Å². The van der Waals surface area contributed by atoms with Crippen LogP contribution in [0, 0.1) is 0 Å². The van der Waals surface area contributed by atoms with E-state index in [1.165, 1.54) is 5.69 Å². The maximum atomic E-state index is 5.93. The Morgan fingerprint density at radius 2 is 1.61 bits per heavy atom. The maximum Gasteiger partial charge on any atom is 0.232 e. The fourth-order valence-corrected chi connectivity index (χ4v) is 3.57. The molecule has 0 spiro atoms. The molecule has 1 fully saturated rings. The highest BCUT2D eigenvalue weighted by Gasteiger charge is 2.19. The first-order valence-electron chi connectivity index (χ1n) is 10.2. The molecule has 0 bridgehead atoms. The van der Waals surface area contributed by atoms with Gasteiger partial charge in [-0.1, -0.05) is 12.1 Å². The summed E-state index contributed by atoms with van der Waals surface area (Å²) in [6.45, 7) is 4.26. The summed E-state index contributed by atoms with van der Waals surface area (Å²) in [7, 11) is 3.32. The van der Waals surface area contributed by atoms with Gasteiger partial charge in [-0.05, 0) is 24.3 Å². The highest BCUT2D eigenvalue weighted by atomic mass is 16.5. The molecule has 31 heavy (non-hydrogen) atoms. The second-order valence-corrected chi connectivity index (χ2v) is 7.26. The Balaban J connectivity index is 1.38. The molecule has 0 radical (unpaired) electrons. The van der Waals surface area contributed by atoms with E-state index in [2.05, 4.69) is 42.2 Å². The number of piperazine rings is 1. The van der Waals surface area contributed by atoms with Crippen molar-refractivity contribution in [1.29, 1.82) is 0 Å². The zero-order valence-corrected chi connectivity index (χ0v) is 17.8. The van der Waals surface area contributed by atoms with Gasteiger partial charge in [0.05, 0.1) is 20.8 Å². The van der Waals surface area contributed by atoms with Gasteiger partial charge < -0.3 is 25.4 Å². The van der Waals surface area contributed by atoms with Crippen molar-refractivity contribution in [2.24, 2.45) is 0 Å². The Labute approximate surface area is 181 Å². The molecule has 2 aromatic carbocycles. The van der Waals surface area contributed by atoms with E-state index in [4.69, 9.17) is 15.2 Å². The summed E-state index contributed by atoms with van der Waals surface area (Å²) in [4.78, 5) is 17.8. The van der Waals surface area contributed by atoms with Crippen LogP contribution >= 0.6 is 0 Å². The minimum Gasteiger partial charge on any atom is -0.497 e. The van der Waals surface area contributed by atoms with Crippen LogP contribution in [-0.4, -0.2) is 60.3 Å². The zero-order chi connectivity index (χ0) is 21.6. The zero-order valence-electron chi connectivity index (χ0n) is 17.8. The number of ether oxygens (including phenoxy) is 2. The quantitative estimate of drug-likeness (QED) is 0.596. The van der Waals surface area contributed by atoms with Crippen LogP contribution in [0.3, 0.4) is 0 Å². The van der Waals surface area contributed by atoms with E-state index in [1.807, 2.05) is 36.4 Å². The molecule has 162 valence electrons. The summed E-state index contributed by atoms with van der Waals surface area (Å²) in [6, 6.07) is 15.7. The SMILES string of the molecule is COc1cccc(Nc2nc(N)nc(CN3CCN(c4cccc(OC)c4)CC3)n2)c1. The minimum atomic E-state index is 0.199. The van der Waals surface area contributed by atoms with Crippen LogP contribution in [0.15, 0.2) is 48.5 Å². The molecule has 0 saturated carbocycles. The van der Waals surface area contributed by atoms with Gasteiger partial charge in [-0.15, -0.1) is 0 Å². The molecule has 9 nitrogen and oxygen atoms in total. The lowest BCUT2D eigenvalue weighted by Gasteiger charge is -2.35. The molecule has 9 heteroatoms. The predicted molar refractivity (Wildman–Crippen MR) is 121 cm³/mol. The van der Waals surface area contributed by atoms with Gasteiger partial charge in [-0.25, -0.2) is 0 Å². The number of anilines is 4. The lowest BCUT2D eigenvalue weighted by atomic mass is 10.2. The third kappa shape index (κ3) is 5.32. The number of methoxy groups -OCH3 is 2. The predicted octanol–water partition coefficient (Wildman–Crippen LogP) is 2.54. The van der Waals surface area contributed by atoms with Crippen molar-refractivity contribution >= 4 is 23.3 Å². The fraction of sp³-hybridized carbons (Fsp3) is 0.318. The Morgan fingerprint density at radius 1 is 0.903 bits per heavy atom. The van der Waals surface area contributed by atoms with Gasteiger partial charge in [0.1, 0.15) is 17.3 Å². The smallest absolute Gasteiger partial charge is 0.232 e. The highest BCUT2D eigenvalue weighted by molar-refractivity contribution is 5.56. The molecular formula is C22H27N7O2. The number of nitrogens with zero attached hydrogens (tertiary/aromatic N) is 5. The highest BCUT2D eigenvalue weighted by Crippen LogP contribution is 2.23. The first-order chi connectivity index (χ1) is 15.1. The monoisotopic (exact) mass is 421 g/mol. The van der Waals surface area contributed by atoms with Crippen LogP contribution in [0.25, 0.3) is 0 Å². The first-order valence-corrected chi connectivity index (χ1v) is 10.2. The number of benzene rings is 2. The van der Waals surface area contributed by atoms with Crippen molar-refractivity contribution in [3.63, 3.8) is 0 Å². The average Bonchev–Trinajstić information content (AvgIpc) is 2.79. The van der Waals surface area contributed by atoms with Crippen molar-refractivity contribution in [3.8, 4) is 11.5 Å². The number of nitrogen functional groups attached to an aromatic ring is 1. The van der Waals surface area contributed by atoms with Crippen molar-refractivity contribution in [2.45, 2.75) is 6.54 Å². The third-order valence-corrected chi connectivity index (χ3v) is 5.18. The molecule has 0 aliphatic carbocycles. The molecule has 0 amide bonds. The molecule has 1 aliphatic rings. The van der Waals surface area contributed by atoms with Crippen molar-refractivity contribution in [1.82, 2.24) is 19.9 Å². The summed E-state index contributed by atoms with van der Waals surface area (Å²) >= 11 is 0. The van der Waals surface area contributed by atoms with E-state index in [1.54, 1.807) is 14.2 Å². The molecule has 3 aromatic rings. The largest absolute Gasteiger partial charge is 0.497 e. The third-order valence-electron chi connectivity index (χ3n) is 5.18. The van der Waals surface area contributed by atoms with E-state index in [0.717, 1.165) is 43.4 Å². The summed E-state index contributed by atoms with van der Waals surface area (Å²) in [5.74, 6) is 2.89. The first kappa shape index (κ1) is 20.7. The van der Waals surface area contributed by atoms with Crippen LogP contribution < -0.4 is 25.4 Å². The molecule has 0 atom stereocenters. The molecule has 1 aromatic heterocycles. The molecule has 2 heterocycles. The second-order valence-electron chi connectivity index (χ2n) is 7.26. The Morgan fingerprint density at radius 3 is 2.35 bits per heavy atom. The van der Waals surface area contributed by atoms with Gasteiger partial charge >= 0.3 is 0 Å². The lowest BCUT2D eigenvalue weighted by molar-refractivity contribution is 0.244. The molecule has 3 N–H and O–H groups in total. The van der Waals surface area contributed by atoms with Gasteiger partial charge in [-0.3, -0.25) is 4.90 Å². The van der Waals surface area contributed by atoms with E-state index >= 15 is 0 Å². The van der Waals surface area contributed by atoms with E-state index in [-0.39, 0.29) is 5.95 Å². The van der Waals surface area contributed by atoms with Gasteiger partial charge in [0, 0.05) is 49.7 Å². The Hall–Kier alpha value is -3.59. The van der Waals surface area contributed by atoms with Crippen LogP contribution in [0.4, 0.5) is 23.3 Å². The van der Waals surface area contributed by atoms with Crippen LogP contribution in [-0.2, 0) is 6.54 Å².